The van der Waals surface area contributed by atoms with Gasteiger partial charge in [-0.2, -0.15) is 4.98 Å². The molecule has 2 heterocycles. The summed E-state index contributed by atoms with van der Waals surface area (Å²) in [6, 6.07) is 9.64. The second kappa shape index (κ2) is 10.2. The van der Waals surface area contributed by atoms with Gasteiger partial charge in [0.15, 0.2) is 0 Å². The average molecular weight is 448 g/mol. The summed E-state index contributed by atoms with van der Waals surface area (Å²) >= 11 is 0. The van der Waals surface area contributed by atoms with Crippen LogP contribution in [0.3, 0.4) is 0 Å². The minimum Gasteiger partial charge on any atom is -0.395 e. The van der Waals surface area contributed by atoms with Crippen LogP contribution in [0.1, 0.15) is 69.9 Å². The summed E-state index contributed by atoms with van der Waals surface area (Å²) in [5.41, 5.74) is 4.69. The molecule has 2 fully saturated rings. The Morgan fingerprint density at radius 3 is 2.61 bits per heavy atom. The van der Waals surface area contributed by atoms with Crippen LogP contribution in [0.15, 0.2) is 36.7 Å². The highest BCUT2D eigenvalue weighted by atomic mass is 16.3. The Bertz CT molecular complexity index is 1050. The number of aliphatic hydroxyl groups is 1. The number of benzene rings is 1. The van der Waals surface area contributed by atoms with Crippen LogP contribution in [0, 0.1) is 5.92 Å². The lowest BCUT2D eigenvalue weighted by molar-refractivity contribution is 0.292. The molecule has 1 atom stereocenters. The van der Waals surface area contributed by atoms with Crippen LogP contribution in [-0.4, -0.2) is 38.8 Å². The van der Waals surface area contributed by atoms with Gasteiger partial charge in [-0.05, 0) is 43.2 Å². The van der Waals surface area contributed by atoms with Gasteiger partial charge in [-0.15, -0.1) is 0 Å². The zero-order valence-electron chi connectivity index (χ0n) is 19.8. The van der Waals surface area contributed by atoms with Crippen molar-refractivity contribution in [3.05, 3.63) is 42.2 Å². The van der Waals surface area contributed by atoms with Gasteiger partial charge in [0, 0.05) is 48.5 Å². The van der Waals surface area contributed by atoms with E-state index in [1.54, 1.807) is 0 Å². The van der Waals surface area contributed by atoms with E-state index in [0.29, 0.717) is 18.6 Å². The Kier molecular flexibility index (Phi) is 6.93. The SMILES string of the molecule is CC(CC1CC1)Nc1ncc2c(-c3ccc(CNCCO)cc3)cn(C3CCCCC3)c2n1. The van der Waals surface area contributed by atoms with E-state index >= 15 is 0 Å². The predicted octanol–water partition coefficient (Wildman–Crippen LogP) is 5.29. The minimum absolute atomic E-state index is 0.162. The molecule has 0 radical (unpaired) electrons. The number of aromatic nitrogens is 3. The lowest BCUT2D eigenvalue weighted by Crippen LogP contribution is -2.18. The minimum atomic E-state index is 0.162. The number of fused-ring (bicyclic) bond motifs is 1. The molecule has 33 heavy (non-hydrogen) atoms. The molecule has 0 saturated heterocycles. The molecule has 0 bridgehead atoms. The maximum atomic E-state index is 8.97. The maximum Gasteiger partial charge on any atom is 0.224 e. The molecular weight excluding hydrogens is 410 g/mol. The number of nitrogens with zero attached hydrogens (tertiary/aromatic N) is 3. The monoisotopic (exact) mass is 447 g/mol. The van der Waals surface area contributed by atoms with Gasteiger partial charge >= 0.3 is 0 Å². The number of anilines is 1. The zero-order chi connectivity index (χ0) is 22.6. The number of rotatable bonds is 10. The van der Waals surface area contributed by atoms with E-state index in [1.165, 1.54) is 68.1 Å². The van der Waals surface area contributed by atoms with Crippen molar-refractivity contribution >= 4 is 17.0 Å². The van der Waals surface area contributed by atoms with E-state index in [9.17, 15) is 0 Å². The van der Waals surface area contributed by atoms with E-state index in [2.05, 4.69) is 52.6 Å². The molecule has 0 spiro atoms. The second-order valence-corrected chi connectivity index (χ2v) is 9.99. The third-order valence-corrected chi connectivity index (χ3v) is 7.18. The maximum absolute atomic E-state index is 8.97. The number of hydrogen-bond donors (Lipinski definition) is 3. The molecule has 6 heteroatoms. The standard InChI is InChI=1S/C27H37N5O/c1-19(15-20-7-8-20)30-27-29-17-24-25(22-11-9-21(10-12-22)16-28-13-14-33)18-32(26(24)31-27)23-5-3-2-4-6-23/h9-12,17-20,23,28,33H,2-8,13-16H2,1H3,(H,29,30,31). The molecule has 2 aliphatic rings. The predicted molar refractivity (Wildman–Crippen MR) is 134 cm³/mol. The van der Waals surface area contributed by atoms with Crippen molar-refractivity contribution in [2.24, 2.45) is 5.92 Å². The van der Waals surface area contributed by atoms with Gasteiger partial charge < -0.3 is 20.3 Å². The number of aliphatic hydroxyl groups excluding tert-OH is 1. The third-order valence-electron chi connectivity index (χ3n) is 7.18. The molecule has 6 nitrogen and oxygen atoms in total. The van der Waals surface area contributed by atoms with Gasteiger partial charge in [-0.25, -0.2) is 4.98 Å². The highest BCUT2D eigenvalue weighted by Crippen LogP contribution is 2.37. The third kappa shape index (κ3) is 5.39. The first-order valence-electron chi connectivity index (χ1n) is 12.8. The molecule has 1 unspecified atom stereocenters. The summed E-state index contributed by atoms with van der Waals surface area (Å²) in [5, 5.41) is 16.9. The van der Waals surface area contributed by atoms with E-state index in [0.717, 1.165) is 29.4 Å². The first-order chi connectivity index (χ1) is 16.2. The van der Waals surface area contributed by atoms with Crippen LogP contribution in [0.5, 0.6) is 0 Å². The van der Waals surface area contributed by atoms with Crippen LogP contribution in [0.4, 0.5) is 5.95 Å². The summed E-state index contributed by atoms with van der Waals surface area (Å²) in [6.45, 7) is 3.79. The van der Waals surface area contributed by atoms with E-state index in [1.807, 2.05) is 6.20 Å². The molecular formula is C27H37N5O. The molecule has 176 valence electrons. The van der Waals surface area contributed by atoms with Crippen molar-refractivity contribution < 1.29 is 5.11 Å². The van der Waals surface area contributed by atoms with Crippen molar-refractivity contribution in [1.82, 2.24) is 19.9 Å². The van der Waals surface area contributed by atoms with Crippen molar-refractivity contribution in [3.63, 3.8) is 0 Å². The van der Waals surface area contributed by atoms with Gasteiger partial charge in [0.1, 0.15) is 5.65 Å². The fourth-order valence-corrected chi connectivity index (χ4v) is 5.21. The Hall–Kier alpha value is -2.44. The first kappa shape index (κ1) is 22.4. The fourth-order valence-electron chi connectivity index (χ4n) is 5.21. The molecule has 0 aliphatic heterocycles. The van der Waals surface area contributed by atoms with E-state index < -0.39 is 0 Å². The van der Waals surface area contributed by atoms with Crippen LogP contribution in [0.2, 0.25) is 0 Å². The molecule has 2 aliphatic carbocycles. The van der Waals surface area contributed by atoms with Crippen LogP contribution in [0.25, 0.3) is 22.2 Å². The molecule has 0 amide bonds. The zero-order valence-corrected chi connectivity index (χ0v) is 19.8. The molecule has 1 aromatic carbocycles. The summed E-state index contributed by atoms with van der Waals surface area (Å²) in [7, 11) is 0. The Labute approximate surface area is 196 Å². The van der Waals surface area contributed by atoms with Gasteiger partial charge in [0.25, 0.3) is 0 Å². The quantitative estimate of drug-likeness (QED) is 0.368. The van der Waals surface area contributed by atoms with Crippen molar-refractivity contribution in [3.8, 4) is 11.1 Å². The lowest BCUT2D eigenvalue weighted by Gasteiger charge is -2.24. The van der Waals surface area contributed by atoms with Gasteiger partial charge in [0.05, 0.1) is 6.61 Å². The van der Waals surface area contributed by atoms with E-state index in [-0.39, 0.29) is 6.61 Å². The van der Waals surface area contributed by atoms with Gasteiger partial charge in [-0.1, -0.05) is 56.4 Å². The Morgan fingerprint density at radius 1 is 1.09 bits per heavy atom. The summed E-state index contributed by atoms with van der Waals surface area (Å²) in [5.74, 6) is 1.64. The lowest BCUT2D eigenvalue weighted by atomic mass is 9.95. The van der Waals surface area contributed by atoms with Gasteiger partial charge in [0.2, 0.25) is 5.95 Å². The van der Waals surface area contributed by atoms with Crippen molar-refractivity contribution in [1.29, 1.82) is 0 Å². The molecule has 2 saturated carbocycles. The van der Waals surface area contributed by atoms with Crippen LogP contribution >= 0.6 is 0 Å². The summed E-state index contributed by atoms with van der Waals surface area (Å²) < 4.78 is 2.43. The molecule has 2 aromatic heterocycles. The Balaban J connectivity index is 1.45. The first-order valence-corrected chi connectivity index (χ1v) is 12.8. The summed E-state index contributed by atoms with van der Waals surface area (Å²) in [6.07, 6.45) is 14.7. The normalized spacial score (nSPS) is 18.0. The van der Waals surface area contributed by atoms with Crippen LogP contribution in [-0.2, 0) is 6.54 Å². The topological polar surface area (TPSA) is 75.0 Å². The van der Waals surface area contributed by atoms with Crippen molar-refractivity contribution in [2.75, 3.05) is 18.5 Å². The average Bonchev–Trinajstić information content (AvgIpc) is 3.57. The largest absolute Gasteiger partial charge is 0.395 e. The Morgan fingerprint density at radius 2 is 1.88 bits per heavy atom. The smallest absolute Gasteiger partial charge is 0.224 e. The summed E-state index contributed by atoms with van der Waals surface area (Å²) in [4.78, 5) is 9.76. The molecule has 3 aromatic rings. The fraction of sp³-hybridized carbons (Fsp3) is 0.556. The van der Waals surface area contributed by atoms with Gasteiger partial charge in [-0.3, -0.25) is 0 Å². The highest BCUT2D eigenvalue weighted by Gasteiger charge is 2.25. The molecule has 5 rings (SSSR count). The highest BCUT2D eigenvalue weighted by molar-refractivity contribution is 5.94. The van der Waals surface area contributed by atoms with Crippen molar-refractivity contribution in [2.45, 2.75) is 76.9 Å². The number of nitrogens with one attached hydrogen (secondary N) is 2. The number of hydrogen-bond acceptors (Lipinski definition) is 5. The van der Waals surface area contributed by atoms with E-state index in [4.69, 9.17) is 15.1 Å². The molecule has 3 N–H and O–H groups in total. The second-order valence-electron chi connectivity index (χ2n) is 9.99. The van der Waals surface area contributed by atoms with Crippen LogP contribution < -0.4 is 10.6 Å².